The molecule has 0 aromatic heterocycles. The first-order chi connectivity index (χ1) is 9.47. The average molecular weight is 280 g/mol. The first-order valence-corrected chi connectivity index (χ1v) is 7.97. The monoisotopic (exact) mass is 280 g/mol. The fraction of sp³-hybridized carbons (Fsp3) is 0.722. The summed E-state index contributed by atoms with van der Waals surface area (Å²) < 4.78 is 0. The zero-order valence-electron chi connectivity index (χ0n) is 13.7. The number of allylic oxidation sites excluding steroid dienone is 4. The molecule has 2 nitrogen and oxygen atoms in total. The van der Waals surface area contributed by atoms with Crippen LogP contribution in [0.4, 0.5) is 0 Å². The maximum absolute atomic E-state index is 10.7. The van der Waals surface area contributed by atoms with Gasteiger partial charge in [0.05, 0.1) is 5.92 Å². The lowest BCUT2D eigenvalue weighted by Crippen LogP contribution is -2.08. The molecule has 2 atom stereocenters. The molecule has 0 aliphatic rings. The van der Waals surface area contributed by atoms with Gasteiger partial charge in [-0.15, -0.1) is 0 Å². The average Bonchev–Trinajstić information content (AvgIpc) is 2.38. The molecule has 0 saturated heterocycles. The second kappa shape index (κ2) is 11.7. The van der Waals surface area contributed by atoms with Crippen molar-refractivity contribution in [1.82, 2.24) is 0 Å². The van der Waals surface area contributed by atoms with E-state index < -0.39 is 5.97 Å². The third kappa shape index (κ3) is 10.8. The SMILES string of the molecule is CC=CCCC(C)CCCC(C)=CCCC(C)C(=O)O. The molecular weight excluding hydrogens is 248 g/mol. The normalized spacial score (nSPS) is 15.5. The van der Waals surface area contributed by atoms with Gasteiger partial charge >= 0.3 is 5.97 Å². The van der Waals surface area contributed by atoms with Gasteiger partial charge in [0.2, 0.25) is 0 Å². The topological polar surface area (TPSA) is 37.3 Å². The fourth-order valence-corrected chi connectivity index (χ4v) is 2.23. The lowest BCUT2D eigenvalue weighted by Gasteiger charge is -2.10. The maximum atomic E-state index is 10.7. The smallest absolute Gasteiger partial charge is 0.306 e. The summed E-state index contributed by atoms with van der Waals surface area (Å²) >= 11 is 0. The Bertz CT molecular complexity index is 315. The summed E-state index contributed by atoms with van der Waals surface area (Å²) in [7, 11) is 0. The van der Waals surface area contributed by atoms with Gasteiger partial charge in [-0.1, -0.05) is 44.1 Å². The van der Waals surface area contributed by atoms with E-state index in [4.69, 9.17) is 5.11 Å². The molecule has 0 amide bonds. The summed E-state index contributed by atoms with van der Waals surface area (Å²) in [5, 5.41) is 8.81. The van der Waals surface area contributed by atoms with Gasteiger partial charge in [-0.2, -0.15) is 0 Å². The number of hydrogen-bond donors (Lipinski definition) is 1. The minimum absolute atomic E-state index is 0.231. The summed E-state index contributed by atoms with van der Waals surface area (Å²) in [6.45, 7) is 8.34. The van der Waals surface area contributed by atoms with E-state index in [0.29, 0.717) is 0 Å². The van der Waals surface area contributed by atoms with Crippen LogP contribution in [0.2, 0.25) is 0 Å². The van der Waals surface area contributed by atoms with Crippen molar-refractivity contribution in [2.45, 2.75) is 72.6 Å². The Kier molecular flexibility index (Phi) is 11.1. The Morgan fingerprint density at radius 2 is 1.85 bits per heavy atom. The number of rotatable bonds is 11. The van der Waals surface area contributed by atoms with Crippen LogP contribution in [0, 0.1) is 11.8 Å². The number of carboxylic acid groups (broad SMARTS) is 1. The van der Waals surface area contributed by atoms with Crippen molar-refractivity contribution in [2.75, 3.05) is 0 Å². The predicted octanol–water partition coefficient (Wildman–Crippen LogP) is 5.60. The first kappa shape index (κ1) is 18.9. The third-order valence-corrected chi connectivity index (χ3v) is 3.84. The van der Waals surface area contributed by atoms with Crippen LogP contribution in [-0.2, 0) is 4.79 Å². The van der Waals surface area contributed by atoms with E-state index in [9.17, 15) is 4.79 Å². The van der Waals surface area contributed by atoms with E-state index in [-0.39, 0.29) is 5.92 Å². The van der Waals surface area contributed by atoms with Crippen molar-refractivity contribution in [3.05, 3.63) is 23.8 Å². The molecule has 0 aliphatic carbocycles. The molecule has 0 spiro atoms. The van der Waals surface area contributed by atoms with Crippen molar-refractivity contribution in [2.24, 2.45) is 11.8 Å². The van der Waals surface area contributed by atoms with Gasteiger partial charge in [-0.25, -0.2) is 0 Å². The maximum Gasteiger partial charge on any atom is 0.306 e. The quantitative estimate of drug-likeness (QED) is 0.500. The molecule has 2 heteroatoms. The van der Waals surface area contributed by atoms with Crippen molar-refractivity contribution >= 4 is 5.97 Å². The summed E-state index contributed by atoms with van der Waals surface area (Å²) in [5.41, 5.74) is 1.41. The van der Waals surface area contributed by atoms with Crippen LogP contribution in [0.5, 0.6) is 0 Å². The van der Waals surface area contributed by atoms with Crippen LogP contribution in [0.15, 0.2) is 23.8 Å². The van der Waals surface area contributed by atoms with Crippen molar-refractivity contribution < 1.29 is 9.90 Å². The summed E-state index contributed by atoms with van der Waals surface area (Å²) in [5.74, 6) is -0.122. The van der Waals surface area contributed by atoms with Crippen LogP contribution in [0.3, 0.4) is 0 Å². The summed E-state index contributed by atoms with van der Waals surface area (Å²) in [4.78, 5) is 10.7. The summed E-state index contributed by atoms with van der Waals surface area (Å²) in [6.07, 6.45) is 14.4. The van der Waals surface area contributed by atoms with Crippen molar-refractivity contribution in [1.29, 1.82) is 0 Å². The second-order valence-corrected chi connectivity index (χ2v) is 6.01. The highest BCUT2D eigenvalue weighted by molar-refractivity contribution is 5.69. The van der Waals surface area contributed by atoms with Gasteiger partial charge in [0.25, 0.3) is 0 Å². The van der Waals surface area contributed by atoms with Crippen molar-refractivity contribution in [3.63, 3.8) is 0 Å². The number of aliphatic carboxylic acids is 1. The molecular formula is C18H32O2. The Morgan fingerprint density at radius 3 is 2.45 bits per heavy atom. The van der Waals surface area contributed by atoms with Gasteiger partial charge in [0, 0.05) is 0 Å². The zero-order valence-corrected chi connectivity index (χ0v) is 13.7. The lowest BCUT2D eigenvalue weighted by atomic mass is 9.96. The molecule has 0 aliphatic heterocycles. The second-order valence-electron chi connectivity index (χ2n) is 6.01. The fourth-order valence-electron chi connectivity index (χ4n) is 2.23. The molecule has 2 unspecified atom stereocenters. The minimum Gasteiger partial charge on any atom is -0.481 e. The van der Waals surface area contributed by atoms with Gasteiger partial charge in [-0.05, 0) is 58.3 Å². The van der Waals surface area contributed by atoms with Gasteiger partial charge in [0.15, 0.2) is 0 Å². The van der Waals surface area contributed by atoms with Crippen LogP contribution < -0.4 is 0 Å². The third-order valence-electron chi connectivity index (χ3n) is 3.84. The minimum atomic E-state index is -0.689. The van der Waals surface area contributed by atoms with Gasteiger partial charge in [0.1, 0.15) is 0 Å². The van der Waals surface area contributed by atoms with Gasteiger partial charge in [-0.3, -0.25) is 4.79 Å². The van der Waals surface area contributed by atoms with Crippen LogP contribution in [0.1, 0.15) is 72.6 Å². The lowest BCUT2D eigenvalue weighted by molar-refractivity contribution is -0.141. The highest BCUT2D eigenvalue weighted by Crippen LogP contribution is 2.17. The van der Waals surface area contributed by atoms with E-state index in [1.165, 1.54) is 31.3 Å². The number of hydrogen-bond acceptors (Lipinski definition) is 1. The molecule has 0 rings (SSSR count). The molecule has 0 fully saturated rings. The standard InChI is InChI=1S/C18H32O2/c1-5-6-7-10-15(2)11-8-12-16(3)13-9-14-17(4)18(19)20/h5-6,13,15,17H,7-12,14H2,1-4H3,(H,19,20). The molecule has 0 heterocycles. The van der Waals surface area contributed by atoms with E-state index in [1.54, 1.807) is 6.92 Å². The van der Waals surface area contributed by atoms with E-state index >= 15 is 0 Å². The highest BCUT2D eigenvalue weighted by Gasteiger charge is 2.08. The largest absolute Gasteiger partial charge is 0.481 e. The molecule has 20 heavy (non-hydrogen) atoms. The van der Waals surface area contributed by atoms with E-state index in [1.807, 2.05) is 0 Å². The Labute approximate surface area is 125 Å². The molecule has 0 saturated carbocycles. The predicted molar refractivity (Wildman–Crippen MR) is 86.9 cm³/mol. The molecule has 0 bridgehead atoms. The van der Waals surface area contributed by atoms with Crippen molar-refractivity contribution in [3.8, 4) is 0 Å². The van der Waals surface area contributed by atoms with Crippen LogP contribution in [0.25, 0.3) is 0 Å². The molecule has 0 aromatic rings. The molecule has 0 aromatic carbocycles. The Hall–Kier alpha value is -1.05. The first-order valence-electron chi connectivity index (χ1n) is 7.97. The number of carbonyl (C=O) groups is 1. The highest BCUT2D eigenvalue weighted by atomic mass is 16.4. The number of carboxylic acids is 1. The zero-order chi connectivity index (χ0) is 15.4. The van der Waals surface area contributed by atoms with Gasteiger partial charge < -0.3 is 5.11 Å². The summed E-state index contributed by atoms with van der Waals surface area (Å²) in [6, 6.07) is 0. The van der Waals surface area contributed by atoms with E-state index in [2.05, 4.69) is 39.0 Å². The van der Waals surface area contributed by atoms with Crippen LogP contribution in [-0.4, -0.2) is 11.1 Å². The Balaban J connectivity index is 3.70. The van der Waals surface area contributed by atoms with Crippen LogP contribution >= 0.6 is 0 Å². The molecule has 0 radical (unpaired) electrons. The Morgan fingerprint density at radius 1 is 1.15 bits per heavy atom. The molecule has 1 N–H and O–H groups in total. The molecule has 116 valence electrons. The van der Waals surface area contributed by atoms with E-state index in [0.717, 1.165) is 25.2 Å².